The molecule has 1 saturated carbocycles. The largest absolute Gasteiger partial charge is 0.416 e. The molecule has 9 heteroatoms. The van der Waals surface area contributed by atoms with Crippen LogP contribution in [0.3, 0.4) is 0 Å². The SMILES string of the molecule is COC1COCCC1NC1CCC(C(=O)[NH+]2Cc3cc(C(F)(F)F)ccc3C(O)C2)(C(C)C)C1. The van der Waals surface area contributed by atoms with Crippen LogP contribution in [0, 0.1) is 11.3 Å². The van der Waals surface area contributed by atoms with Crippen LogP contribution in [0.4, 0.5) is 13.2 Å². The lowest BCUT2D eigenvalue weighted by Crippen LogP contribution is -3.16. The summed E-state index contributed by atoms with van der Waals surface area (Å²) in [5.41, 5.74) is -0.451. The summed E-state index contributed by atoms with van der Waals surface area (Å²) >= 11 is 0. The van der Waals surface area contributed by atoms with Crippen LogP contribution in [0.1, 0.15) is 62.3 Å². The van der Waals surface area contributed by atoms with E-state index in [0.717, 1.165) is 31.4 Å². The van der Waals surface area contributed by atoms with Crippen molar-refractivity contribution in [2.75, 3.05) is 26.9 Å². The van der Waals surface area contributed by atoms with Crippen LogP contribution in [-0.2, 0) is 27.0 Å². The first-order chi connectivity index (χ1) is 16.0. The van der Waals surface area contributed by atoms with E-state index >= 15 is 0 Å². The zero-order chi connectivity index (χ0) is 24.7. The highest BCUT2D eigenvalue weighted by atomic mass is 19.4. The summed E-state index contributed by atoms with van der Waals surface area (Å²) in [7, 11) is 1.68. The van der Waals surface area contributed by atoms with Gasteiger partial charge in [-0.2, -0.15) is 13.2 Å². The van der Waals surface area contributed by atoms with Gasteiger partial charge in [0.1, 0.15) is 19.2 Å². The molecule has 1 saturated heterocycles. The number of amides is 1. The Morgan fingerprint density at radius 3 is 2.76 bits per heavy atom. The predicted molar refractivity (Wildman–Crippen MR) is 119 cm³/mol. The minimum Gasteiger partial charge on any atom is -0.382 e. The average molecular weight is 486 g/mol. The van der Waals surface area contributed by atoms with Crippen LogP contribution in [0.5, 0.6) is 0 Å². The number of aliphatic hydroxyl groups is 1. The molecule has 1 aliphatic carbocycles. The smallest absolute Gasteiger partial charge is 0.382 e. The molecular weight excluding hydrogens is 449 g/mol. The van der Waals surface area contributed by atoms with Crippen LogP contribution in [-0.4, -0.2) is 56.1 Å². The van der Waals surface area contributed by atoms with Crippen molar-refractivity contribution in [1.29, 1.82) is 0 Å². The van der Waals surface area contributed by atoms with Gasteiger partial charge in [-0.15, -0.1) is 0 Å². The van der Waals surface area contributed by atoms with Gasteiger partial charge < -0.3 is 19.9 Å². The van der Waals surface area contributed by atoms with Gasteiger partial charge in [-0.3, -0.25) is 4.90 Å². The van der Waals surface area contributed by atoms with E-state index in [4.69, 9.17) is 9.47 Å². The summed E-state index contributed by atoms with van der Waals surface area (Å²) in [6, 6.07) is 3.75. The topological polar surface area (TPSA) is 72.2 Å². The summed E-state index contributed by atoms with van der Waals surface area (Å²) in [6.07, 6.45) is -2.37. The van der Waals surface area contributed by atoms with Crippen molar-refractivity contribution in [2.45, 2.75) is 76.5 Å². The molecule has 3 N–H and O–H groups in total. The van der Waals surface area contributed by atoms with Crippen molar-refractivity contribution in [3.8, 4) is 0 Å². The number of carbonyl (C=O) groups excluding carboxylic acids is 1. The number of quaternary nitrogens is 1. The zero-order valence-electron chi connectivity index (χ0n) is 20.1. The van der Waals surface area contributed by atoms with Crippen molar-refractivity contribution in [2.24, 2.45) is 11.3 Å². The van der Waals surface area contributed by atoms with E-state index in [0.29, 0.717) is 35.7 Å². The van der Waals surface area contributed by atoms with Gasteiger partial charge in [0.05, 0.1) is 23.7 Å². The monoisotopic (exact) mass is 485 g/mol. The lowest BCUT2D eigenvalue weighted by Gasteiger charge is -2.37. The predicted octanol–water partition coefficient (Wildman–Crippen LogP) is 2.25. The van der Waals surface area contributed by atoms with Gasteiger partial charge >= 0.3 is 12.1 Å². The number of alkyl halides is 3. The van der Waals surface area contributed by atoms with Gasteiger partial charge in [0.15, 0.2) is 0 Å². The maximum absolute atomic E-state index is 13.9. The van der Waals surface area contributed by atoms with Crippen molar-refractivity contribution < 1.29 is 37.4 Å². The van der Waals surface area contributed by atoms with Gasteiger partial charge in [0, 0.05) is 31.4 Å². The first-order valence-corrected chi connectivity index (χ1v) is 12.2. The summed E-state index contributed by atoms with van der Waals surface area (Å²) in [5, 5.41) is 14.4. The van der Waals surface area contributed by atoms with Crippen molar-refractivity contribution in [3.63, 3.8) is 0 Å². The standard InChI is InChI=1S/C25H35F3N2O4/c1-15(2)24(8-6-18(11-24)29-20-7-9-34-14-22(20)33-3)23(32)30-12-16-10-17(25(26,27)28)4-5-19(16)21(31)13-30/h4-5,10,15,18,20-22,29,31H,6-9,11-14H2,1-3H3/p+1. The third kappa shape index (κ3) is 4.91. The molecule has 6 nitrogen and oxygen atoms in total. The zero-order valence-corrected chi connectivity index (χ0v) is 20.1. The number of nitrogens with one attached hydrogen (secondary N) is 2. The molecule has 0 bridgehead atoms. The molecule has 4 rings (SSSR count). The van der Waals surface area contributed by atoms with E-state index in [1.54, 1.807) is 7.11 Å². The van der Waals surface area contributed by atoms with Crippen LogP contribution >= 0.6 is 0 Å². The molecule has 2 aliphatic heterocycles. The Kier molecular flexibility index (Phi) is 7.41. The third-order valence-corrected chi connectivity index (χ3v) is 8.16. The molecule has 2 heterocycles. The van der Waals surface area contributed by atoms with Crippen LogP contribution < -0.4 is 10.2 Å². The first kappa shape index (κ1) is 25.6. The molecule has 0 aromatic heterocycles. The molecule has 6 atom stereocenters. The Balaban J connectivity index is 1.51. The normalized spacial score (nSPS) is 34.3. The highest BCUT2D eigenvalue weighted by molar-refractivity contribution is 5.75. The first-order valence-electron chi connectivity index (χ1n) is 12.2. The second-order valence-electron chi connectivity index (χ2n) is 10.4. The second kappa shape index (κ2) is 9.85. The van der Waals surface area contributed by atoms with Crippen molar-refractivity contribution in [3.05, 3.63) is 34.9 Å². The van der Waals surface area contributed by atoms with E-state index in [9.17, 15) is 23.1 Å². The Labute approximate surface area is 198 Å². The Morgan fingerprint density at radius 1 is 1.32 bits per heavy atom. The molecule has 1 aromatic rings. The summed E-state index contributed by atoms with van der Waals surface area (Å²) in [5.74, 6) is 0.0800. The molecule has 190 valence electrons. The average Bonchev–Trinajstić information content (AvgIpc) is 3.23. The quantitative estimate of drug-likeness (QED) is 0.597. The van der Waals surface area contributed by atoms with E-state index in [2.05, 4.69) is 5.32 Å². The summed E-state index contributed by atoms with van der Waals surface area (Å²) in [4.78, 5) is 14.5. The molecular formula is C25H36F3N2O4+. The van der Waals surface area contributed by atoms with Crippen LogP contribution in [0.25, 0.3) is 0 Å². The van der Waals surface area contributed by atoms with E-state index < -0.39 is 23.3 Å². The number of carbonyl (C=O) groups is 1. The number of rotatable bonds is 5. The lowest BCUT2D eigenvalue weighted by molar-refractivity contribution is -0.846. The fourth-order valence-electron chi connectivity index (χ4n) is 6.08. The lowest BCUT2D eigenvalue weighted by atomic mass is 9.73. The molecule has 0 radical (unpaired) electrons. The number of methoxy groups -OCH3 is 1. The maximum Gasteiger partial charge on any atom is 0.416 e. The summed E-state index contributed by atoms with van der Waals surface area (Å²) < 4.78 is 50.8. The number of hydrogen-bond donors (Lipinski definition) is 3. The number of benzene rings is 1. The molecule has 2 fully saturated rings. The van der Waals surface area contributed by atoms with E-state index in [1.807, 2.05) is 13.8 Å². The Bertz CT molecular complexity index is 893. The summed E-state index contributed by atoms with van der Waals surface area (Å²) in [6.45, 7) is 5.64. The van der Waals surface area contributed by atoms with Gasteiger partial charge in [-0.05, 0) is 49.3 Å². The third-order valence-electron chi connectivity index (χ3n) is 8.16. The maximum atomic E-state index is 13.9. The minimum absolute atomic E-state index is 0.00387. The Hall–Kier alpha value is -1.52. The van der Waals surface area contributed by atoms with Crippen LogP contribution in [0.15, 0.2) is 18.2 Å². The van der Waals surface area contributed by atoms with Gasteiger partial charge in [-0.25, -0.2) is 4.79 Å². The fraction of sp³-hybridized carbons (Fsp3) is 0.720. The van der Waals surface area contributed by atoms with Gasteiger partial charge in [0.25, 0.3) is 0 Å². The van der Waals surface area contributed by atoms with Crippen molar-refractivity contribution >= 4 is 5.91 Å². The molecule has 0 spiro atoms. The van der Waals surface area contributed by atoms with Crippen LogP contribution in [0.2, 0.25) is 0 Å². The molecule has 6 unspecified atom stereocenters. The highest BCUT2D eigenvalue weighted by Crippen LogP contribution is 2.45. The van der Waals surface area contributed by atoms with E-state index in [-0.39, 0.29) is 43.1 Å². The molecule has 34 heavy (non-hydrogen) atoms. The molecule has 1 aromatic carbocycles. The molecule has 3 aliphatic rings. The number of aliphatic hydroxyl groups excluding tert-OH is 1. The van der Waals surface area contributed by atoms with Gasteiger partial charge in [0.2, 0.25) is 0 Å². The number of ether oxygens (including phenoxy) is 2. The molecule has 1 amide bonds. The number of hydrogen-bond acceptors (Lipinski definition) is 5. The van der Waals surface area contributed by atoms with Crippen molar-refractivity contribution in [1.82, 2.24) is 5.32 Å². The van der Waals surface area contributed by atoms with E-state index in [1.165, 1.54) is 6.07 Å². The highest BCUT2D eigenvalue weighted by Gasteiger charge is 2.53. The fourth-order valence-corrected chi connectivity index (χ4v) is 6.08. The minimum atomic E-state index is -4.46. The second-order valence-corrected chi connectivity index (χ2v) is 10.4. The Morgan fingerprint density at radius 2 is 2.09 bits per heavy atom. The number of fused-ring (bicyclic) bond motifs is 1. The van der Waals surface area contributed by atoms with Gasteiger partial charge in [-0.1, -0.05) is 19.9 Å². The number of halogens is 3.